The molecule has 3 rings (SSSR count). The summed E-state index contributed by atoms with van der Waals surface area (Å²) in [6, 6.07) is 3.57. The molecular weight excluding hydrogens is 408 g/mol. The lowest BCUT2D eigenvalue weighted by atomic mass is 10.1. The van der Waals surface area contributed by atoms with Crippen LogP contribution in [0.2, 0.25) is 5.02 Å². The van der Waals surface area contributed by atoms with Crippen LogP contribution in [-0.2, 0) is 4.74 Å². The van der Waals surface area contributed by atoms with Crippen LogP contribution in [-0.4, -0.2) is 29.3 Å². The summed E-state index contributed by atoms with van der Waals surface area (Å²) in [5.41, 5.74) is 8.48. The zero-order valence-electron chi connectivity index (χ0n) is 16.4. The Bertz CT molecular complexity index is 904. The van der Waals surface area contributed by atoms with Gasteiger partial charge in [0.05, 0.1) is 18.9 Å². The molecule has 1 aliphatic rings. The molecule has 1 saturated heterocycles. The molecule has 8 heteroatoms. The number of hydrogen-bond acceptors (Lipinski definition) is 7. The van der Waals surface area contributed by atoms with Crippen molar-refractivity contribution in [1.82, 2.24) is 9.97 Å². The van der Waals surface area contributed by atoms with Crippen LogP contribution in [0, 0.1) is 0 Å². The summed E-state index contributed by atoms with van der Waals surface area (Å²) >= 11 is 7.74. The van der Waals surface area contributed by atoms with Gasteiger partial charge in [0, 0.05) is 17.5 Å². The standard InChI is InChI=1S/C21H25ClN4O2S/c1-3-5-14(6-7-15(23)4-2)18-13-29-21(24-18)26-19-9-8-17(22)20(25-19)28-16-10-11-27-12-16/h4,6-9,13,16H,2-3,5,10-12,23H2,1H3,(H,24,25,26)/b14-6+,15-7+. The monoisotopic (exact) mass is 432 g/mol. The van der Waals surface area contributed by atoms with E-state index in [0.717, 1.165) is 35.7 Å². The number of nitrogens with zero attached hydrogens (tertiary/aromatic N) is 2. The lowest BCUT2D eigenvalue weighted by Gasteiger charge is -2.13. The number of rotatable bonds is 9. The first-order valence-corrected chi connectivity index (χ1v) is 10.8. The first-order chi connectivity index (χ1) is 14.1. The van der Waals surface area contributed by atoms with E-state index >= 15 is 0 Å². The number of halogens is 1. The van der Waals surface area contributed by atoms with Crippen LogP contribution in [0.15, 0.2) is 48.0 Å². The van der Waals surface area contributed by atoms with Crippen LogP contribution < -0.4 is 15.8 Å². The van der Waals surface area contributed by atoms with Crippen molar-refractivity contribution in [3.05, 3.63) is 58.7 Å². The first kappa shape index (κ1) is 21.4. The number of thiazole rings is 1. The highest BCUT2D eigenvalue weighted by atomic mass is 35.5. The van der Waals surface area contributed by atoms with E-state index < -0.39 is 0 Å². The summed E-state index contributed by atoms with van der Waals surface area (Å²) in [5.74, 6) is 1.03. The van der Waals surface area contributed by atoms with Gasteiger partial charge in [-0.25, -0.2) is 4.98 Å². The number of aromatic nitrogens is 2. The molecule has 0 aliphatic carbocycles. The van der Waals surface area contributed by atoms with Gasteiger partial charge in [-0.15, -0.1) is 11.3 Å². The van der Waals surface area contributed by atoms with Gasteiger partial charge in [0.1, 0.15) is 16.9 Å². The quantitative estimate of drug-likeness (QED) is 0.522. The summed E-state index contributed by atoms with van der Waals surface area (Å²) in [7, 11) is 0. The van der Waals surface area contributed by atoms with Gasteiger partial charge in [0.15, 0.2) is 5.13 Å². The van der Waals surface area contributed by atoms with Gasteiger partial charge in [-0.05, 0) is 36.3 Å². The average Bonchev–Trinajstić information content (AvgIpc) is 3.39. The Balaban J connectivity index is 1.74. The molecule has 0 amide bonds. The number of anilines is 2. The van der Waals surface area contributed by atoms with Crippen molar-refractivity contribution < 1.29 is 9.47 Å². The lowest BCUT2D eigenvalue weighted by molar-refractivity contribution is 0.138. The van der Waals surface area contributed by atoms with E-state index in [1.165, 1.54) is 11.3 Å². The molecule has 2 aromatic heterocycles. The SMILES string of the molecule is C=C/C(N)=C\C=C(/CCC)c1csc(Nc2ccc(Cl)c(OC3CCOC3)n2)n1. The van der Waals surface area contributed by atoms with Crippen LogP contribution >= 0.6 is 22.9 Å². The largest absolute Gasteiger partial charge is 0.471 e. The Morgan fingerprint density at radius 2 is 2.31 bits per heavy atom. The van der Waals surface area contributed by atoms with Crippen molar-refractivity contribution in [3.8, 4) is 5.88 Å². The van der Waals surface area contributed by atoms with Gasteiger partial charge in [-0.3, -0.25) is 0 Å². The van der Waals surface area contributed by atoms with E-state index in [-0.39, 0.29) is 6.10 Å². The predicted octanol–water partition coefficient (Wildman–Crippen LogP) is 5.31. The Morgan fingerprint density at radius 3 is 3.03 bits per heavy atom. The van der Waals surface area contributed by atoms with Crippen molar-refractivity contribution in [2.24, 2.45) is 5.73 Å². The molecule has 29 heavy (non-hydrogen) atoms. The third-order valence-electron chi connectivity index (χ3n) is 4.28. The zero-order valence-corrected chi connectivity index (χ0v) is 17.9. The molecule has 1 unspecified atom stereocenters. The van der Waals surface area contributed by atoms with Gasteiger partial charge in [0.2, 0.25) is 5.88 Å². The smallest absolute Gasteiger partial charge is 0.234 e. The van der Waals surface area contributed by atoms with Gasteiger partial charge < -0.3 is 20.5 Å². The minimum absolute atomic E-state index is 0.0143. The number of hydrogen-bond donors (Lipinski definition) is 2. The maximum Gasteiger partial charge on any atom is 0.234 e. The second-order valence-corrected chi connectivity index (χ2v) is 7.83. The minimum atomic E-state index is -0.0143. The van der Waals surface area contributed by atoms with Gasteiger partial charge >= 0.3 is 0 Å². The van der Waals surface area contributed by atoms with E-state index in [1.807, 2.05) is 17.5 Å². The lowest BCUT2D eigenvalue weighted by Crippen LogP contribution is -2.16. The van der Waals surface area contributed by atoms with E-state index in [4.69, 9.17) is 31.8 Å². The number of pyridine rings is 1. The molecular formula is C21H25ClN4O2S. The molecule has 3 heterocycles. The number of nitrogens with one attached hydrogen (secondary N) is 1. The Hall–Kier alpha value is -2.35. The highest BCUT2D eigenvalue weighted by Gasteiger charge is 2.19. The van der Waals surface area contributed by atoms with Gasteiger partial charge in [0.25, 0.3) is 0 Å². The molecule has 1 fully saturated rings. The predicted molar refractivity (Wildman–Crippen MR) is 120 cm³/mol. The summed E-state index contributed by atoms with van der Waals surface area (Å²) in [5, 5.41) is 6.47. The molecule has 0 radical (unpaired) electrons. The van der Waals surface area contributed by atoms with E-state index in [1.54, 1.807) is 18.2 Å². The minimum Gasteiger partial charge on any atom is -0.471 e. The summed E-state index contributed by atoms with van der Waals surface area (Å²) in [4.78, 5) is 9.18. The maximum atomic E-state index is 6.23. The third kappa shape index (κ3) is 6.06. The molecule has 0 saturated carbocycles. The second-order valence-electron chi connectivity index (χ2n) is 6.56. The van der Waals surface area contributed by atoms with Gasteiger partial charge in [-0.2, -0.15) is 4.98 Å². The number of allylic oxidation sites excluding steroid dienone is 4. The fourth-order valence-electron chi connectivity index (χ4n) is 2.76. The fourth-order valence-corrected chi connectivity index (χ4v) is 3.65. The third-order valence-corrected chi connectivity index (χ3v) is 5.33. The summed E-state index contributed by atoms with van der Waals surface area (Å²) in [6.45, 7) is 7.06. The van der Waals surface area contributed by atoms with E-state index in [0.29, 0.717) is 35.6 Å². The van der Waals surface area contributed by atoms with Crippen molar-refractivity contribution >= 4 is 39.5 Å². The molecule has 0 spiro atoms. The fraction of sp³-hybridized carbons (Fsp3) is 0.333. The molecule has 154 valence electrons. The van der Waals surface area contributed by atoms with Crippen molar-refractivity contribution in [1.29, 1.82) is 0 Å². The molecule has 1 aliphatic heterocycles. The molecule has 0 aromatic carbocycles. The first-order valence-electron chi connectivity index (χ1n) is 9.51. The van der Waals surface area contributed by atoms with Crippen molar-refractivity contribution in [2.75, 3.05) is 18.5 Å². The second kappa shape index (κ2) is 10.4. The van der Waals surface area contributed by atoms with E-state index in [9.17, 15) is 0 Å². The number of nitrogens with two attached hydrogens (primary N) is 1. The van der Waals surface area contributed by atoms with Crippen LogP contribution in [0.5, 0.6) is 5.88 Å². The molecule has 2 aromatic rings. The van der Waals surface area contributed by atoms with Crippen molar-refractivity contribution in [3.63, 3.8) is 0 Å². The normalized spacial score (nSPS) is 17.4. The number of ether oxygens (including phenoxy) is 2. The van der Waals surface area contributed by atoms with Crippen LogP contribution in [0.1, 0.15) is 31.9 Å². The Labute approximate surface area is 180 Å². The van der Waals surface area contributed by atoms with E-state index in [2.05, 4.69) is 23.8 Å². The highest BCUT2D eigenvalue weighted by molar-refractivity contribution is 7.13. The topological polar surface area (TPSA) is 82.3 Å². The van der Waals surface area contributed by atoms with Gasteiger partial charge in [-0.1, -0.05) is 37.6 Å². The van der Waals surface area contributed by atoms with Crippen molar-refractivity contribution in [2.45, 2.75) is 32.3 Å². The summed E-state index contributed by atoms with van der Waals surface area (Å²) < 4.78 is 11.2. The average molecular weight is 433 g/mol. The van der Waals surface area contributed by atoms with Crippen LogP contribution in [0.4, 0.5) is 10.9 Å². The highest BCUT2D eigenvalue weighted by Crippen LogP contribution is 2.30. The molecule has 0 bridgehead atoms. The molecule has 6 nitrogen and oxygen atoms in total. The van der Waals surface area contributed by atoms with Crippen LogP contribution in [0.25, 0.3) is 5.57 Å². The summed E-state index contributed by atoms with van der Waals surface area (Å²) in [6.07, 6.45) is 8.21. The Kier molecular flexibility index (Phi) is 7.69. The zero-order chi connectivity index (χ0) is 20.6. The molecule has 1 atom stereocenters. The maximum absolute atomic E-state index is 6.23. The molecule has 3 N–H and O–H groups in total. The van der Waals surface area contributed by atoms with Crippen LogP contribution in [0.3, 0.4) is 0 Å². The Morgan fingerprint density at radius 1 is 1.45 bits per heavy atom.